The van der Waals surface area contributed by atoms with Gasteiger partial charge in [-0.25, -0.2) is 0 Å². The molecule has 0 amide bonds. The molecular weight excluding hydrogens is 272 g/mol. The lowest BCUT2D eigenvalue weighted by molar-refractivity contribution is -0.153. The fraction of sp³-hybridized carbons (Fsp3) is 1.00. The number of hydrogen-bond acceptors (Lipinski definition) is 2. The van der Waals surface area contributed by atoms with E-state index in [1.165, 1.54) is 38.5 Å². The van der Waals surface area contributed by atoms with Crippen LogP contribution in [0.4, 0.5) is 0 Å². The Labute approximate surface area is 135 Å². The molecule has 0 aromatic heterocycles. The molecular formula is C20H34O2. The van der Waals surface area contributed by atoms with Gasteiger partial charge in [0.2, 0.25) is 0 Å². The van der Waals surface area contributed by atoms with E-state index in [9.17, 15) is 10.2 Å². The lowest BCUT2D eigenvalue weighted by Gasteiger charge is -2.61. The van der Waals surface area contributed by atoms with Crippen molar-refractivity contribution in [3.63, 3.8) is 0 Å². The second-order valence-corrected chi connectivity index (χ2v) is 9.85. The van der Waals surface area contributed by atoms with Gasteiger partial charge in [-0.2, -0.15) is 0 Å². The van der Waals surface area contributed by atoms with E-state index in [-0.39, 0.29) is 11.5 Å². The summed E-state index contributed by atoms with van der Waals surface area (Å²) in [5, 5.41) is 21.0. The zero-order chi connectivity index (χ0) is 15.8. The van der Waals surface area contributed by atoms with E-state index in [4.69, 9.17) is 0 Å². The fourth-order valence-electron chi connectivity index (χ4n) is 7.48. The summed E-state index contributed by atoms with van der Waals surface area (Å²) in [6.45, 7) is 7.01. The van der Waals surface area contributed by atoms with Gasteiger partial charge in [0.25, 0.3) is 0 Å². The Kier molecular flexibility index (Phi) is 3.32. The summed E-state index contributed by atoms with van der Waals surface area (Å²) in [6, 6.07) is 0. The molecule has 0 bridgehead atoms. The summed E-state index contributed by atoms with van der Waals surface area (Å²) in [7, 11) is 0. The Morgan fingerprint density at radius 1 is 0.818 bits per heavy atom. The minimum atomic E-state index is -0.455. The van der Waals surface area contributed by atoms with Gasteiger partial charge in [0, 0.05) is 0 Å². The Morgan fingerprint density at radius 2 is 1.55 bits per heavy atom. The third-order valence-electron chi connectivity index (χ3n) is 9.20. The molecule has 0 aromatic rings. The third kappa shape index (κ3) is 1.86. The van der Waals surface area contributed by atoms with Gasteiger partial charge >= 0.3 is 0 Å². The van der Waals surface area contributed by atoms with Crippen LogP contribution in [0.5, 0.6) is 0 Å². The van der Waals surface area contributed by atoms with Crippen molar-refractivity contribution in [2.75, 3.05) is 0 Å². The van der Waals surface area contributed by atoms with Crippen molar-refractivity contribution in [1.82, 2.24) is 0 Å². The minimum Gasteiger partial charge on any atom is -0.393 e. The lowest BCUT2D eigenvalue weighted by Crippen LogP contribution is -2.56. The van der Waals surface area contributed by atoms with Gasteiger partial charge in [0.1, 0.15) is 0 Å². The van der Waals surface area contributed by atoms with Gasteiger partial charge in [-0.3, -0.25) is 0 Å². The standard InChI is InChI=1S/C20H34O2/c1-18-9-6-14(21)12-13(18)4-5-15-16(18)7-10-19(2)17(15)8-11-20(19,3)22/h13-17,21-22H,4-12H2,1-3H3/t13-,14-,15+,16-,17+,18-,19-,20-/m0/s1. The van der Waals surface area contributed by atoms with Crippen LogP contribution in [0.3, 0.4) is 0 Å². The first-order chi connectivity index (χ1) is 10.3. The van der Waals surface area contributed by atoms with Gasteiger partial charge in [-0.15, -0.1) is 0 Å². The van der Waals surface area contributed by atoms with E-state index in [2.05, 4.69) is 20.8 Å². The Morgan fingerprint density at radius 3 is 2.32 bits per heavy atom. The molecule has 4 saturated carbocycles. The molecule has 4 rings (SSSR count). The zero-order valence-corrected chi connectivity index (χ0v) is 14.6. The molecule has 0 aliphatic heterocycles. The highest BCUT2D eigenvalue weighted by atomic mass is 16.3. The first kappa shape index (κ1) is 15.4. The molecule has 2 N–H and O–H groups in total. The van der Waals surface area contributed by atoms with Crippen molar-refractivity contribution in [3.05, 3.63) is 0 Å². The molecule has 2 heteroatoms. The van der Waals surface area contributed by atoms with Crippen molar-refractivity contribution in [3.8, 4) is 0 Å². The van der Waals surface area contributed by atoms with Gasteiger partial charge in [-0.1, -0.05) is 13.8 Å². The van der Waals surface area contributed by atoms with Gasteiger partial charge < -0.3 is 10.2 Å². The van der Waals surface area contributed by atoms with E-state index in [1.807, 2.05) is 0 Å². The summed E-state index contributed by atoms with van der Waals surface area (Å²) in [6.07, 6.45) is 10.6. The SMILES string of the molecule is C[C@]12CC[C@H](O)C[C@@H]1CC[C@H]1[C@H]3CC[C@](C)(O)[C@@]3(C)CC[C@@H]12. The first-order valence-corrected chi connectivity index (χ1v) is 9.68. The Bertz CT molecular complexity index is 459. The highest BCUT2D eigenvalue weighted by Gasteiger charge is 2.63. The van der Waals surface area contributed by atoms with Gasteiger partial charge in [-0.05, 0) is 99.2 Å². The second-order valence-electron chi connectivity index (χ2n) is 9.85. The molecule has 0 saturated heterocycles. The molecule has 2 nitrogen and oxygen atoms in total. The molecule has 0 radical (unpaired) electrons. The largest absolute Gasteiger partial charge is 0.393 e. The van der Waals surface area contributed by atoms with E-state index < -0.39 is 5.60 Å². The van der Waals surface area contributed by atoms with E-state index in [1.54, 1.807) is 0 Å². The molecule has 0 heterocycles. The number of rotatable bonds is 0. The monoisotopic (exact) mass is 306 g/mol. The van der Waals surface area contributed by atoms with Crippen LogP contribution in [0, 0.1) is 34.5 Å². The maximum Gasteiger partial charge on any atom is 0.0675 e. The maximum absolute atomic E-state index is 10.9. The normalized spacial score (nSPS) is 61.2. The van der Waals surface area contributed by atoms with Crippen LogP contribution in [0.2, 0.25) is 0 Å². The van der Waals surface area contributed by atoms with Crippen LogP contribution >= 0.6 is 0 Å². The van der Waals surface area contributed by atoms with E-state index in [0.717, 1.165) is 42.9 Å². The Balaban J connectivity index is 1.64. The van der Waals surface area contributed by atoms with Crippen molar-refractivity contribution in [1.29, 1.82) is 0 Å². The van der Waals surface area contributed by atoms with Crippen molar-refractivity contribution in [2.24, 2.45) is 34.5 Å². The van der Waals surface area contributed by atoms with Crippen LogP contribution in [-0.2, 0) is 0 Å². The van der Waals surface area contributed by atoms with Crippen molar-refractivity contribution < 1.29 is 10.2 Å². The average Bonchev–Trinajstić information content (AvgIpc) is 2.70. The molecule has 4 aliphatic carbocycles. The van der Waals surface area contributed by atoms with Crippen LogP contribution in [0.15, 0.2) is 0 Å². The van der Waals surface area contributed by atoms with Crippen molar-refractivity contribution >= 4 is 0 Å². The van der Waals surface area contributed by atoms with E-state index in [0.29, 0.717) is 5.41 Å². The first-order valence-electron chi connectivity index (χ1n) is 9.68. The number of aliphatic hydroxyl groups excluding tert-OH is 1. The van der Waals surface area contributed by atoms with Crippen LogP contribution < -0.4 is 0 Å². The molecule has 126 valence electrons. The smallest absolute Gasteiger partial charge is 0.0675 e. The predicted molar refractivity (Wildman–Crippen MR) is 88.4 cm³/mol. The Hall–Kier alpha value is -0.0800. The second kappa shape index (κ2) is 4.72. The minimum absolute atomic E-state index is 0.0457. The predicted octanol–water partition coefficient (Wildman–Crippen LogP) is 4.14. The summed E-state index contributed by atoms with van der Waals surface area (Å²) in [5.74, 6) is 3.13. The molecule has 0 unspecified atom stereocenters. The highest BCUT2D eigenvalue weighted by Crippen LogP contribution is 2.68. The van der Waals surface area contributed by atoms with E-state index >= 15 is 0 Å². The molecule has 4 aliphatic rings. The average molecular weight is 306 g/mol. The molecule has 0 aromatic carbocycles. The molecule has 8 atom stereocenters. The molecule has 4 fully saturated rings. The topological polar surface area (TPSA) is 40.5 Å². The molecule has 22 heavy (non-hydrogen) atoms. The number of aliphatic hydroxyl groups is 2. The zero-order valence-electron chi connectivity index (χ0n) is 14.6. The number of fused-ring (bicyclic) bond motifs is 5. The van der Waals surface area contributed by atoms with Crippen LogP contribution in [-0.4, -0.2) is 21.9 Å². The summed E-state index contributed by atoms with van der Waals surface area (Å²) < 4.78 is 0. The van der Waals surface area contributed by atoms with Crippen LogP contribution in [0.1, 0.15) is 78.6 Å². The summed E-state index contributed by atoms with van der Waals surface area (Å²) in [4.78, 5) is 0. The van der Waals surface area contributed by atoms with Crippen molar-refractivity contribution in [2.45, 2.75) is 90.3 Å². The molecule has 0 spiro atoms. The summed E-state index contributed by atoms with van der Waals surface area (Å²) in [5.41, 5.74) is 0.145. The van der Waals surface area contributed by atoms with Gasteiger partial charge in [0.05, 0.1) is 11.7 Å². The summed E-state index contributed by atoms with van der Waals surface area (Å²) >= 11 is 0. The lowest BCUT2D eigenvalue weighted by atomic mass is 9.44. The van der Waals surface area contributed by atoms with Gasteiger partial charge in [0.15, 0.2) is 0 Å². The van der Waals surface area contributed by atoms with Crippen LogP contribution in [0.25, 0.3) is 0 Å². The maximum atomic E-state index is 10.9. The number of hydrogen-bond donors (Lipinski definition) is 2. The quantitative estimate of drug-likeness (QED) is 0.706. The fourth-order valence-corrected chi connectivity index (χ4v) is 7.48. The third-order valence-corrected chi connectivity index (χ3v) is 9.20. The highest BCUT2D eigenvalue weighted by molar-refractivity contribution is 5.12.